The summed E-state index contributed by atoms with van der Waals surface area (Å²) in [6, 6.07) is 9.40. The lowest BCUT2D eigenvalue weighted by atomic mass is 10.2. The SMILES string of the molecule is CC(=O)N(C)Cc1cccc(NC(=O)c2cc3c(nc4sccn43)s2)c1. The van der Waals surface area contributed by atoms with E-state index in [-0.39, 0.29) is 11.8 Å². The number of aromatic nitrogens is 2. The molecule has 26 heavy (non-hydrogen) atoms. The van der Waals surface area contributed by atoms with Crippen molar-refractivity contribution in [2.24, 2.45) is 0 Å². The fraction of sp³-hybridized carbons (Fsp3) is 0.167. The van der Waals surface area contributed by atoms with Gasteiger partial charge in [0.2, 0.25) is 5.91 Å². The second-order valence-corrected chi connectivity index (χ2v) is 7.90. The van der Waals surface area contributed by atoms with Gasteiger partial charge >= 0.3 is 0 Å². The molecule has 6 nitrogen and oxygen atoms in total. The Morgan fingerprint density at radius 3 is 2.96 bits per heavy atom. The third-order valence-electron chi connectivity index (χ3n) is 4.11. The van der Waals surface area contributed by atoms with E-state index in [0.29, 0.717) is 17.1 Å². The Hall–Kier alpha value is -2.71. The second-order valence-electron chi connectivity index (χ2n) is 6.00. The van der Waals surface area contributed by atoms with Gasteiger partial charge in [-0.05, 0) is 23.8 Å². The van der Waals surface area contributed by atoms with Crippen molar-refractivity contribution in [1.29, 1.82) is 0 Å². The van der Waals surface area contributed by atoms with Crippen LogP contribution >= 0.6 is 22.7 Å². The Morgan fingerprint density at radius 1 is 1.31 bits per heavy atom. The molecule has 0 spiro atoms. The summed E-state index contributed by atoms with van der Waals surface area (Å²) in [7, 11) is 1.75. The van der Waals surface area contributed by atoms with E-state index in [9.17, 15) is 9.59 Å². The molecule has 0 fully saturated rings. The Kier molecular flexibility index (Phi) is 4.21. The highest BCUT2D eigenvalue weighted by Gasteiger charge is 2.15. The number of rotatable bonds is 4. The van der Waals surface area contributed by atoms with Crippen LogP contribution in [0.1, 0.15) is 22.2 Å². The predicted octanol–water partition coefficient (Wildman–Crippen LogP) is 3.84. The van der Waals surface area contributed by atoms with Crippen LogP contribution in [-0.4, -0.2) is 33.1 Å². The first-order valence-corrected chi connectivity index (χ1v) is 9.68. The first kappa shape index (κ1) is 16.7. The fourth-order valence-electron chi connectivity index (χ4n) is 2.68. The molecule has 8 heteroatoms. The maximum atomic E-state index is 12.6. The lowest BCUT2D eigenvalue weighted by molar-refractivity contribution is -0.128. The van der Waals surface area contributed by atoms with Crippen molar-refractivity contribution in [2.45, 2.75) is 13.5 Å². The Bertz CT molecular complexity index is 1120. The summed E-state index contributed by atoms with van der Waals surface area (Å²) in [5, 5.41) is 4.90. The van der Waals surface area contributed by atoms with Gasteiger partial charge in [0.15, 0.2) is 4.96 Å². The molecule has 3 aromatic heterocycles. The number of hydrogen-bond acceptors (Lipinski definition) is 5. The van der Waals surface area contributed by atoms with E-state index < -0.39 is 0 Å². The summed E-state index contributed by atoms with van der Waals surface area (Å²) in [5.41, 5.74) is 2.62. The number of carbonyl (C=O) groups excluding carboxylic acids is 2. The first-order valence-electron chi connectivity index (χ1n) is 7.98. The molecule has 0 saturated carbocycles. The molecule has 0 bridgehead atoms. The van der Waals surface area contributed by atoms with E-state index >= 15 is 0 Å². The number of fused-ring (bicyclic) bond motifs is 3. The number of carbonyl (C=O) groups is 2. The number of imidazole rings is 1. The van der Waals surface area contributed by atoms with Crippen LogP contribution in [0.25, 0.3) is 15.3 Å². The van der Waals surface area contributed by atoms with Gasteiger partial charge in [-0.3, -0.25) is 14.0 Å². The number of nitrogens with zero attached hydrogens (tertiary/aromatic N) is 3. The summed E-state index contributed by atoms with van der Waals surface area (Å²) >= 11 is 2.96. The number of amides is 2. The molecule has 4 rings (SSSR count). The Morgan fingerprint density at radius 2 is 2.15 bits per heavy atom. The summed E-state index contributed by atoms with van der Waals surface area (Å²) in [6.07, 6.45) is 1.96. The van der Waals surface area contributed by atoms with Gasteiger partial charge in [-0.2, -0.15) is 0 Å². The number of hydrogen-bond donors (Lipinski definition) is 1. The Labute approximate surface area is 157 Å². The molecule has 0 unspecified atom stereocenters. The van der Waals surface area contributed by atoms with Crippen molar-refractivity contribution in [2.75, 3.05) is 12.4 Å². The molecule has 0 saturated heterocycles. The number of anilines is 1. The van der Waals surface area contributed by atoms with Crippen molar-refractivity contribution in [3.63, 3.8) is 0 Å². The third-order valence-corrected chi connectivity index (χ3v) is 5.88. The van der Waals surface area contributed by atoms with Crippen LogP contribution in [0.3, 0.4) is 0 Å². The van der Waals surface area contributed by atoms with Gasteiger partial charge in [0.25, 0.3) is 5.91 Å². The fourth-order valence-corrected chi connectivity index (χ4v) is 4.38. The van der Waals surface area contributed by atoms with Crippen molar-refractivity contribution >= 4 is 55.5 Å². The predicted molar refractivity (Wildman–Crippen MR) is 105 cm³/mol. The molecule has 0 radical (unpaired) electrons. The monoisotopic (exact) mass is 384 g/mol. The van der Waals surface area contributed by atoms with Gasteiger partial charge in [-0.15, -0.1) is 22.7 Å². The smallest absolute Gasteiger partial charge is 0.265 e. The van der Waals surface area contributed by atoms with Gasteiger partial charge in [0, 0.05) is 37.8 Å². The van der Waals surface area contributed by atoms with Crippen LogP contribution in [0, 0.1) is 0 Å². The second kappa shape index (κ2) is 6.54. The van der Waals surface area contributed by atoms with Crippen LogP contribution in [0.5, 0.6) is 0 Å². The zero-order valence-electron chi connectivity index (χ0n) is 14.2. The molecule has 1 aromatic carbocycles. The Balaban J connectivity index is 1.54. The molecule has 0 aliphatic heterocycles. The highest BCUT2D eigenvalue weighted by atomic mass is 32.1. The molecule has 4 aromatic rings. The molecular formula is C18H16N4O2S2. The van der Waals surface area contributed by atoms with Crippen LogP contribution in [0.2, 0.25) is 0 Å². The largest absolute Gasteiger partial charge is 0.342 e. The number of nitrogens with one attached hydrogen (secondary N) is 1. The number of thiophene rings is 1. The zero-order chi connectivity index (χ0) is 18.3. The van der Waals surface area contributed by atoms with Crippen LogP contribution in [-0.2, 0) is 11.3 Å². The standard InChI is InChI=1S/C18H16N4O2S2/c1-11(23)21(2)10-12-4-3-5-13(8-12)19-16(24)15-9-14-17(26-15)20-18-22(14)6-7-25-18/h3-9H,10H2,1-2H3,(H,19,24). The van der Waals surface area contributed by atoms with Crippen LogP contribution < -0.4 is 5.32 Å². The maximum absolute atomic E-state index is 12.6. The average Bonchev–Trinajstić information content (AvgIpc) is 3.26. The van der Waals surface area contributed by atoms with Gasteiger partial charge in [0.05, 0.1) is 10.4 Å². The normalized spacial score (nSPS) is 11.2. The minimum atomic E-state index is -0.158. The summed E-state index contributed by atoms with van der Waals surface area (Å²) in [5.74, 6) is -0.157. The molecule has 0 atom stereocenters. The zero-order valence-corrected chi connectivity index (χ0v) is 15.9. The van der Waals surface area contributed by atoms with E-state index in [0.717, 1.165) is 20.9 Å². The van der Waals surface area contributed by atoms with Gasteiger partial charge in [-0.1, -0.05) is 12.1 Å². The number of thiazole rings is 1. The van der Waals surface area contributed by atoms with E-state index in [2.05, 4.69) is 10.3 Å². The van der Waals surface area contributed by atoms with Crippen LogP contribution in [0.15, 0.2) is 41.9 Å². The first-order chi connectivity index (χ1) is 12.5. The van der Waals surface area contributed by atoms with E-state index in [1.807, 2.05) is 46.3 Å². The number of benzene rings is 1. The molecule has 0 aliphatic carbocycles. The van der Waals surface area contributed by atoms with Crippen molar-refractivity contribution < 1.29 is 9.59 Å². The molecule has 2 amide bonds. The molecule has 0 aliphatic rings. The quantitative estimate of drug-likeness (QED) is 0.581. The van der Waals surface area contributed by atoms with E-state index in [1.54, 1.807) is 23.3 Å². The van der Waals surface area contributed by atoms with Crippen molar-refractivity contribution in [3.8, 4) is 0 Å². The summed E-state index contributed by atoms with van der Waals surface area (Å²) in [6.45, 7) is 2.03. The van der Waals surface area contributed by atoms with Crippen LogP contribution in [0.4, 0.5) is 5.69 Å². The lowest BCUT2D eigenvalue weighted by Crippen LogP contribution is -2.23. The van der Waals surface area contributed by atoms with Crippen molar-refractivity contribution in [1.82, 2.24) is 14.3 Å². The summed E-state index contributed by atoms with van der Waals surface area (Å²) in [4.78, 5) is 32.5. The van der Waals surface area contributed by atoms with Crippen molar-refractivity contribution in [3.05, 3.63) is 52.3 Å². The summed E-state index contributed by atoms with van der Waals surface area (Å²) < 4.78 is 1.99. The minimum absolute atomic E-state index is 0.00147. The van der Waals surface area contributed by atoms with Gasteiger partial charge in [-0.25, -0.2) is 4.98 Å². The maximum Gasteiger partial charge on any atom is 0.265 e. The highest BCUT2D eigenvalue weighted by Crippen LogP contribution is 2.28. The minimum Gasteiger partial charge on any atom is -0.342 e. The molecule has 3 heterocycles. The third kappa shape index (κ3) is 3.09. The van der Waals surface area contributed by atoms with E-state index in [4.69, 9.17) is 0 Å². The molecular weight excluding hydrogens is 368 g/mol. The molecule has 1 N–H and O–H groups in total. The topological polar surface area (TPSA) is 66.7 Å². The van der Waals surface area contributed by atoms with Gasteiger partial charge < -0.3 is 10.2 Å². The molecule has 132 valence electrons. The lowest BCUT2D eigenvalue weighted by Gasteiger charge is -2.15. The van der Waals surface area contributed by atoms with Gasteiger partial charge in [0.1, 0.15) is 4.83 Å². The highest BCUT2D eigenvalue weighted by molar-refractivity contribution is 7.21. The average molecular weight is 384 g/mol. The van der Waals surface area contributed by atoms with E-state index in [1.165, 1.54) is 18.3 Å².